The number of phenolic OH excluding ortho intramolecular Hbond substituents is 1. The fourth-order valence-electron chi connectivity index (χ4n) is 3.34. The maximum absolute atomic E-state index is 13.0. The highest BCUT2D eigenvalue weighted by atomic mass is 35.5. The van der Waals surface area contributed by atoms with E-state index in [4.69, 9.17) is 11.6 Å². The molecule has 6 heteroatoms. The molecular formula is C24H26ClNO3S. The molecule has 0 spiro atoms. The van der Waals surface area contributed by atoms with Crippen LogP contribution in [0.1, 0.15) is 58.2 Å². The molecule has 1 aliphatic rings. The Bertz CT molecular complexity index is 1030. The molecule has 1 fully saturated rings. The molecule has 0 aliphatic carbocycles. The lowest BCUT2D eigenvalue weighted by Crippen LogP contribution is -2.27. The Labute approximate surface area is 186 Å². The summed E-state index contributed by atoms with van der Waals surface area (Å²) in [6.45, 7) is 12.2. The molecule has 1 N–H and O–H groups in total. The predicted molar refractivity (Wildman–Crippen MR) is 125 cm³/mol. The summed E-state index contributed by atoms with van der Waals surface area (Å²) in [7, 11) is 0. The largest absolute Gasteiger partial charge is 0.507 e. The number of carbonyl (C=O) groups is 2. The van der Waals surface area contributed by atoms with Crippen molar-refractivity contribution < 1.29 is 14.7 Å². The van der Waals surface area contributed by atoms with Crippen LogP contribution in [0, 0.1) is 0 Å². The van der Waals surface area contributed by atoms with Gasteiger partial charge in [0, 0.05) is 16.1 Å². The molecule has 30 heavy (non-hydrogen) atoms. The Morgan fingerprint density at radius 2 is 1.53 bits per heavy atom. The zero-order valence-corrected chi connectivity index (χ0v) is 19.6. The van der Waals surface area contributed by atoms with Crippen LogP contribution in [0.4, 0.5) is 10.5 Å². The Hall–Kier alpha value is -2.24. The number of benzene rings is 2. The number of halogens is 1. The summed E-state index contributed by atoms with van der Waals surface area (Å²) in [5, 5.41) is 11.0. The maximum Gasteiger partial charge on any atom is 0.298 e. The number of anilines is 1. The smallest absolute Gasteiger partial charge is 0.298 e. The number of nitrogens with zero attached hydrogens (tertiary/aromatic N) is 1. The molecular weight excluding hydrogens is 418 g/mol. The van der Waals surface area contributed by atoms with Gasteiger partial charge in [-0.15, -0.1) is 0 Å². The molecule has 0 radical (unpaired) electrons. The van der Waals surface area contributed by atoms with Crippen molar-refractivity contribution in [2.45, 2.75) is 52.4 Å². The fraction of sp³-hybridized carbons (Fsp3) is 0.333. The molecule has 0 aromatic heterocycles. The van der Waals surface area contributed by atoms with E-state index in [9.17, 15) is 14.7 Å². The first-order chi connectivity index (χ1) is 13.8. The number of aromatic hydroxyl groups is 1. The topological polar surface area (TPSA) is 57.6 Å². The molecule has 0 saturated carbocycles. The summed E-state index contributed by atoms with van der Waals surface area (Å²) in [5.41, 5.74) is 2.26. The molecule has 2 aromatic carbocycles. The zero-order chi connectivity index (χ0) is 22.4. The van der Waals surface area contributed by atoms with Crippen LogP contribution >= 0.6 is 23.4 Å². The van der Waals surface area contributed by atoms with Crippen LogP contribution in [0.5, 0.6) is 5.75 Å². The van der Waals surface area contributed by atoms with E-state index in [-0.39, 0.29) is 27.7 Å². The predicted octanol–water partition coefficient (Wildman–Crippen LogP) is 6.88. The average molecular weight is 444 g/mol. The SMILES string of the molecule is CC(C)(C)c1cc(C=C2SC(=O)N(c3cccc(Cl)c3)C2=O)cc(C(C)(C)C)c1O. The summed E-state index contributed by atoms with van der Waals surface area (Å²) in [5.74, 6) is -0.103. The Morgan fingerprint density at radius 3 is 2.03 bits per heavy atom. The number of hydrogen-bond acceptors (Lipinski definition) is 4. The molecule has 158 valence electrons. The number of imide groups is 1. The highest BCUT2D eigenvalue weighted by Crippen LogP contribution is 2.42. The summed E-state index contributed by atoms with van der Waals surface area (Å²) in [6, 6.07) is 10.4. The van der Waals surface area contributed by atoms with Crippen LogP contribution < -0.4 is 4.90 Å². The fourth-order valence-corrected chi connectivity index (χ4v) is 4.37. The summed E-state index contributed by atoms with van der Waals surface area (Å²) in [4.78, 5) is 27.0. The van der Waals surface area contributed by atoms with Gasteiger partial charge in [0.1, 0.15) is 5.75 Å². The van der Waals surface area contributed by atoms with E-state index in [1.807, 2.05) is 53.7 Å². The molecule has 4 nitrogen and oxygen atoms in total. The average Bonchev–Trinajstić information content (AvgIpc) is 2.87. The van der Waals surface area contributed by atoms with E-state index in [1.165, 1.54) is 0 Å². The maximum atomic E-state index is 13.0. The van der Waals surface area contributed by atoms with Gasteiger partial charge < -0.3 is 5.11 Å². The van der Waals surface area contributed by atoms with Gasteiger partial charge in [0.15, 0.2) is 0 Å². The van der Waals surface area contributed by atoms with Crippen molar-refractivity contribution >= 4 is 46.3 Å². The van der Waals surface area contributed by atoms with Crippen LogP contribution in [0.3, 0.4) is 0 Å². The summed E-state index contributed by atoms with van der Waals surface area (Å²) >= 11 is 6.93. The first kappa shape index (κ1) is 22.4. The Balaban J connectivity index is 2.09. The van der Waals surface area contributed by atoms with E-state index in [1.54, 1.807) is 30.3 Å². The standard InChI is InChI=1S/C24H26ClNO3S/c1-23(2,3)17-10-14(11-18(20(17)27)24(4,5)6)12-19-21(28)26(22(29)30-19)16-9-7-8-15(25)13-16/h7-13,27H,1-6H3. The molecule has 1 aliphatic heterocycles. The van der Waals surface area contributed by atoms with Crippen LogP contribution in [0.2, 0.25) is 5.02 Å². The second-order valence-corrected chi connectivity index (χ2v) is 10.9. The first-order valence-corrected chi connectivity index (χ1v) is 10.9. The van der Waals surface area contributed by atoms with Gasteiger partial charge in [0.25, 0.3) is 11.1 Å². The van der Waals surface area contributed by atoms with Crippen molar-refractivity contribution in [3.8, 4) is 5.75 Å². The van der Waals surface area contributed by atoms with Crippen molar-refractivity contribution in [2.24, 2.45) is 0 Å². The normalized spacial score (nSPS) is 16.6. The highest BCUT2D eigenvalue weighted by Gasteiger charge is 2.36. The van der Waals surface area contributed by atoms with Gasteiger partial charge in [0.05, 0.1) is 10.6 Å². The third-order valence-corrected chi connectivity index (χ3v) is 6.01. The third kappa shape index (κ3) is 4.42. The number of amides is 2. The minimum atomic E-state index is -0.380. The van der Waals surface area contributed by atoms with E-state index >= 15 is 0 Å². The second-order valence-electron chi connectivity index (χ2n) is 9.46. The number of carbonyl (C=O) groups excluding carboxylic acids is 2. The van der Waals surface area contributed by atoms with Gasteiger partial charge in [-0.3, -0.25) is 9.59 Å². The lowest BCUT2D eigenvalue weighted by molar-refractivity contribution is -0.113. The molecule has 0 bridgehead atoms. The summed E-state index contributed by atoms with van der Waals surface area (Å²) in [6.07, 6.45) is 1.72. The lowest BCUT2D eigenvalue weighted by Gasteiger charge is -2.28. The summed E-state index contributed by atoms with van der Waals surface area (Å²) < 4.78 is 0. The van der Waals surface area contributed by atoms with Gasteiger partial charge >= 0.3 is 0 Å². The molecule has 0 unspecified atom stereocenters. The first-order valence-electron chi connectivity index (χ1n) is 9.70. The third-order valence-electron chi connectivity index (χ3n) is 4.91. The van der Waals surface area contributed by atoms with Crippen molar-refractivity contribution in [3.63, 3.8) is 0 Å². The molecule has 1 heterocycles. The second kappa shape index (κ2) is 7.78. The van der Waals surface area contributed by atoms with Crippen LogP contribution in [-0.2, 0) is 15.6 Å². The van der Waals surface area contributed by atoms with Crippen LogP contribution in [-0.4, -0.2) is 16.3 Å². The van der Waals surface area contributed by atoms with Crippen LogP contribution in [0.25, 0.3) is 6.08 Å². The van der Waals surface area contributed by atoms with Gasteiger partial charge in [-0.05, 0) is 64.6 Å². The quantitative estimate of drug-likeness (QED) is 0.514. The van der Waals surface area contributed by atoms with E-state index in [0.29, 0.717) is 15.6 Å². The van der Waals surface area contributed by atoms with Crippen molar-refractivity contribution in [1.29, 1.82) is 0 Å². The molecule has 0 atom stereocenters. The number of phenols is 1. The van der Waals surface area contributed by atoms with Gasteiger partial charge in [-0.2, -0.15) is 0 Å². The Morgan fingerprint density at radius 1 is 0.967 bits per heavy atom. The Kier molecular flexibility index (Phi) is 5.82. The molecule has 2 aromatic rings. The van der Waals surface area contributed by atoms with Crippen molar-refractivity contribution in [1.82, 2.24) is 0 Å². The van der Waals surface area contributed by atoms with E-state index < -0.39 is 0 Å². The van der Waals surface area contributed by atoms with Gasteiger partial charge in [-0.25, -0.2) is 4.90 Å². The minimum absolute atomic E-state index is 0.277. The van der Waals surface area contributed by atoms with E-state index in [0.717, 1.165) is 33.4 Å². The monoisotopic (exact) mass is 443 g/mol. The van der Waals surface area contributed by atoms with Crippen LogP contribution in [0.15, 0.2) is 41.3 Å². The molecule has 3 rings (SSSR count). The molecule has 1 saturated heterocycles. The molecule has 2 amide bonds. The van der Waals surface area contributed by atoms with Gasteiger partial charge in [0.2, 0.25) is 0 Å². The van der Waals surface area contributed by atoms with Crippen molar-refractivity contribution in [2.75, 3.05) is 4.90 Å². The van der Waals surface area contributed by atoms with Crippen molar-refractivity contribution in [3.05, 3.63) is 63.0 Å². The number of thioether (sulfide) groups is 1. The highest BCUT2D eigenvalue weighted by molar-refractivity contribution is 8.19. The lowest BCUT2D eigenvalue weighted by atomic mass is 9.78. The van der Waals surface area contributed by atoms with E-state index in [2.05, 4.69) is 0 Å². The minimum Gasteiger partial charge on any atom is -0.507 e. The number of hydrogen-bond donors (Lipinski definition) is 1. The zero-order valence-electron chi connectivity index (χ0n) is 18.0. The van der Waals surface area contributed by atoms with Gasteiger partial charge in [-0.1, -0.05) is 59.2 Å². The number of rotatable bonds is 2.